The number of aromatic nitrogens is 3. The van der Waals surface area contributed by atoms with Gasteiger partial charge in [-0.25, -0.2) is 15.0 Å². The second-order valence-electron chi connectivity index (χ2n) is 9.96. The molecule has 1 saturated carbocycles. The maximum Gasteiger partial charge on any atom is 0.289 e. The number of nitrogens with one attached hydrogen (secondary N) is 2. The van der Waals surface area contributed by atoms with E-state index in [0.717, 1.165) is 43.9 Å². The molecule has 3 heterocycles. The van der Waals surface area contributed by atoms with Crippen LogP contribution in [0.5, 0.6) is 0 Å². The van der Waals surface area contributed by atoms with Gasteiger partial charge in [-0.05, 0) is 42.2 Å². The first-order valence-corrected chi connectivity index (χ1v) is 10.9. The summed E-state index contributed by atoms with van der Waals surface area (Å²) in [4.78, 5) is 37.5. The molecule has 166 valence electrons. The average molecular weight is 426 g/mol. The van der Waals surface area contributed by atoms with Crippen LogP contribution in [0.1, 0.15) is 55.8 Å². The van der Waals surface area contributed by atoms with Crippen LogP contribution in [0.25, 0.3) is 0 Å². The minimum Gasteiger partial charge on any atom is -0.381 e. The normalized spacial score (nSPS) is 23.0. The molecule has 2 N–H and O–H groups in total. The Kier molecular flexibility index (Phi) is 5.68. The van der Waals surface area contributed by atoms with Crippen LogP contribution in [-0.4, -0.2) is 52.4 Å². The third kappa shape index (κ3) is 4.55. The number of aromatic amines is 1. The molecular formula is C22H31N7O2. The van der Waals surface area contributed by atoms with Crippen LogP contribution in [0.4, 0.5) is 11.5 Å². The summed E-state index contributed by atoms with van der Waals surface area (Å²) in [5, 5.41) is 7.76. The molecule has 0 aromatic carbocycles. The van der Waals surface area contributed by atoms with Crippen LogP contribution in [-0.2, 0) is 0 Å². The lowest BCUT2D eigenvalue weighted by Crippen LogP contribution is -2.30. The molecule has 2 aliphatic rings. The summed E-state index contributed by atoms with van der Waals surface area (Å²) in [7, 11) is 1.63. The van der Waals surface area contributed by atoms with E-state index in [1.807, 2.05) is 11.0 Å². The largest absolute Gasteiger partial charge is 0.381 e. The van der Waals surface area contributed by atoms with Crippen molar-refractivity contribution in [1.82, 2.24) is 19.9 Å². The lowest BCUT2D eigenvalue weighted by molar-refractivity contribution is 0.0768. The van der Waals surface area contributed by atoms with Crippen molar-refractivity contribution in [2.75, 3.05) is 37.0 Å². The molecule has 1 aliphatic carbocycles. The van der Waals surface area contributed by atoms with Gasteiger partial charge >= 0.3 is 0 Å². The Bertz CT molecular complexity index is 924. The van der Waals surface area contributed by atoms with Gasteiger partial charge in [-0.3, -0.25) is 4.79 Å². The van der Waals surface area contributed by atoms with Gasteiger partial charge in [0.1, 0.15) is 0 Å². The molecule has 0 bridgehead atoms. The number of pyridine rings is 1. The predicted octanol–water partition coefficient (Wildman–Crippen LogP) is 3.65. The van der Waals surface area contributed by atoms with Crippen LogP contribution in [0.2, 0.25) is 0 Å². The first-order chi connectivity index (χ1) is 14.7. The van der Waals surface area contributed by atoms with E-state index in [9.17, 15) is 9.70 Å². The van der Waals surface area contributed by atoms with Gasteiger partial charge in [0.05, 0.1) is 11.0 Å². The molecule has 0 radical (unpaired) electrons. The Labute approximate surface area is 182 Å². The molecule has 4 rings (SSSR count). The first kappa shape index (κ1) is 21.3. The van der Waals surface area contributed by atoms with Crippen LogP contribution in [0.3, 0.4) is 0 Å². The van der Waals surface area contributed by atoms with E-state index in [4.69, 9.17) is 4.98 Å². The zero-order valence-corrected chi connectivity index (χ0v) is 18.6. The van der Waals surface area contributed by atoms with Gasteiger partial charge in [0.25, 0.3) is 5.91 Å². The molecular weight excluding hydrogens is 394 g/mol. The van der Waals surface area contributed by atoms with Crippen molar-refractivity contribution < 1.29 is 4.79 Å². The number of carbonyl (C=O) groups excluding carboxylic acids is 1. The van der Waals surface area contributed by atoms with E-state index in [0.29, 0.717) is 29.4 Å². The van der Waals surface area contributed by atoms with Crippen molar-refractivity contribution in [3.05, 3.63) is 41.0 Å². The third-order valence-corrected chi connectivity index (χ3v) is 6.29. The highest BCUT2D eigenvalue weighted by atomic mass is 16.3. The van der Waals surface area contributed by atoms with Crippen molar-refractivity contribution in [3.63, 3.8) is 0 Å². The van der Waals surface area contributed by atoms with Crippen molar-refractivity contribution in [1.29, 1.82) is 0 Å². The fraction of sp³-hybridized carbons (Fsp3) is 0.591. The van der Waals surface area contributed by atoms with Crippen molar-refractivity contribution in [2.24, 2.45) is 22.5 Å². The zero-order chi connectivity index (χ0) is 22.2. The van der Waals surface area contributed by atoms with Gasteiger partial charge in [-0.15, -0.1) is 4.91 Å². The van der Waals surface area contributed by atoms with Gasteiger partial charge in [0.15, 0.2) is 11.6 Å². The zero-order valence-electron chi connectivity index (χ0n) is 18.6. The van der Waals surface area contributed by atoms with Gasteiger partial charge < -0.3 is 15.2 Å². The number of nitrogens with zero attached hydrogens (tertiary/aromatic N) is 5. The van der Waals surface area contributed by atoms with Gasteiger partial charge in [0.2, 0.25) is 0 Å². The number of fused-ring (bicyclic) bond motifs is 1. The molecule has 2 unspecified atom stereocenters. The number of amides is 1. The maximum atomic E-state index is 12.6. The first-order valence-electron chi connectivity index (χ1n) is 10.9. The summed E-state index contributed by atoms with van der Waals surface area (Å²) < 4.78 is 0. The van der Waals surface area contributed by atoms with Gasteiger partial charge in [0, 0.05) is 50.7 Å². The van der Waals surface area contributed by atoms with Crippen molar-refractivity contribution >= 4 is 17.4 Å². The third-order valence-electron chi connectivity index (χ3n) is 6.29. The summed E-state index contributed by atoms with van der Waals surface area (Å²) in [5.74, 6) is 2.20. The quantitative estimate of drug-likeness (QED) is 0.540. The van der Waals surface area contributed by atoms with Gasteiger partial charge in [-0.1, -0.05) is 20.8 Å². The second kappa shape index (κ2) is 8.28. The number of imidazole rings is 1. The van der Waals surface area contributed by atoms with E-state index in [1.165, 1.54) is 5.01 Å². The second-order valence-corrected chi connectivity index (χ2v) is 9.96. The van der Waals surface area contributed by atoms with Crippen LogP contribution in [0.15, 0.2) is 29.8 Å². The van der Waals surface area contributed by atoms with Crippen molar-refractivity contribution in [2.45, 2.75) is 39.5 Å². The SMILES string of the molecule is CN(N=O)c1nc(C2CC3CN(C(=O)c4ncc[nH]4)CC3C2)ccc1NCC(C)(C)C. The summed E-state index contributed by atoms with van der Waals surface area (Å²) in [6, 6.07) is 4.07. The lowest BCUT2D eigenvalue weighted by Gasteiger charge is -2.23. The summed E-state index contributed by atoms with van der Waals surface area (Å²) in [6.07, 6.45) is 5.27. The average Bonchev–Trinajstić information content (AvgIpc) is 3.46. The Morgan fingerprint density at radius 1 is 1.29 bits per heavy atom. The number of hydrogen-bond donors (Lipinski definition) is 2. The minimum atomic E-state index is -0.0238. The molecule has 2 atom stereocenters. The van der Waals surface area contributed by atoms with E-state index >= 15 is 0 Å². The minimum absolute atomic E-state index is 0.0238. The standard InChI is InChI=1S/C22H31N7O2/c1-22(2,3)13-25-18-6-5-17(26-20(18)28(4)27-31)14-9-15-11-29(12-16(15)10-14)21(30)19-23-7-8-24-19/h5-8,14-16,25H,9-13H2,1-4H3,(H,23,24). The Balaban J connectivity index is 1.45. The number of H-pyrrole nitrogens is 1. The van der Waals surface area contributed by atoms with Crippen LogP contribution in [0, 0.1) is 22.2 Å². The van der Waals surface area contributed by atoms with Crippen LogP contribution < -0.4 is 10.3 Å². The fourth-order valence-electron chi connectivity index (χ4n) is 4.71. The highest BCUT2D eigenvalue weighted by Gasteiger charge is 2.43. The molecule has 31 heavy (non-hydrogen) atoms. The number of rotatable bonds is 6. The molecule has 1 saturated heterocycles. The number of nitroso groups, excluding NO2 is 1. The molecule has 9 heteroatoms. The summed E-state index contributed by atoms with van der Waals surface area (Å²) >= 11 is 0. The lowest BCUT2D eigenvalue weighted by atomic mass is 9.97. The number of hydrogen-bond acceptors (Lipinski definition) is 6. The number of likely N-dealkylation sites (tertiary alicyclic amines) is 1. The Morgan fingerprint density at radius 2 is 2.00 bits per heavy atom. The molecule has 1 aliphatic heterocycles. The number of carbonyl (C=O) groups is 1. The van der Waals surface area contributed by atoms with Crippen LogP contribution >= 0.6 is 0 Å². The summed E-state index contributed by atoms with van der Waals surface area (Å²) in [6.45, 7) is 8.74. The maximum absolute atomic E-state index is 12.6. The van der Waals surface area contributed by atoms with E-state index < -0.39 is 0 Å². The molecule has 0 spiro atoms. The highest BCUT2D eigenvalue weighted by Crippen LogP contribution is 2.46. The topological polar surface area (TPSA) is 107 Å². The molecule has 1 amide bonds. The summed E-state index contributed by atoms with van der Waals surface area (Å²) in [5.41, 5.74) is 1.91. The smallest absolute Gasteiger partial charge is 0.289 e. The molecule has 2 aromatic heterocycles. The van der Waals surface area contributed by atoms with E-state index in [1.54, 1.807) is 19.4 Å². The highest BCUT2D eigenvalue weighted by molar-refractivity contribution is 5.90. The van der Waals surface area contributed by atoms with Crippen molar-refractivity contribution in [3.8, 4) is 0 Å². The fourth-order valence-corrected chi connectivity index (χ4v) is 4.71. The monoisotopic (exact) mass is 425 g/mol. The molecule has 2 fully saturated rings. The Hall–Kier alpha value is -2.97. The van der Waals surface area contributed by atoms with Gasteiger partial charge in [-0.2, -0.15) is 0 Å². The molecule has 9 nitrogen and oxygen atoms in total. The van der Waals surface area contributed by atoms with E-state index in [2.05, 4.69) is 47.4 Å². The van der Waals surface area contributed by atoms with E-state index in [-0.39, 0.29) is 11.3 Å². The Morgan fingerprint density at radius 3 is 2.58 bits per heavy atom. The predicted molar refractivity (Wildman–Crippen MR) is 120 cm³/mol. The molecule has 2 aromatic rings. The number of anilines is 2.